The minimum atomic E-state index is -0.784. The zero-order valence-electron chi connectivity index (χ0n) is 12.0. The zero-order chi connectivity index (χ0) is 15.6. The Balaban J connectivity index is 1.78. The number of fused-ring (bicyclic) bond motifs is 1. The van der Waals surface area contributed by atoms with Gasteiger partial charge in [0.15, 0.2) is 0 Å². The molecule has 0 saturated heterocycles. The first-order chi connectivity index (χ1) is 10.6. The van der Waals surface area contributed by atoms with E-state index in [2.05, 4.69) is 10.6 Å². The number of nitrogens with one attached hydrogen (secondary N) is 2. The number of hydrogen-bond donors (Lipinski definition) is 3. The van der Waals surface area contributed by atoms with Gasteiger partial charge in [-0.05, 0) is 42.2 Å². The van der Waals surface area contributed by atoms with Crippen molar-refractivity contribution >= 4 is 11.7 Å². The smallest absolute Gasteiger partial charge is 0.320 e. The molecule has 2 aromatic carbocycles. The minimum Gasteiger partial charge on any atom is -0.394 e. The maximum atomic E-state index is 13.1. The van der Waals surface area contributed by atoms with E-state index in [1.165, 1.54) is 18.2 Å². The highest BCUT2D eigenvalue weighted by atomic mass is 19.1. The molecule has 0 fully saturated rings. The molecule has 3 rings (SSSR count). The van der Waals surface area contributed by atoms with Gasteiger partial charge in [0.1, 0.15) is 5.82 Å². The van der Waals surface area contributed by atoms with Crippen LogP contribution in [-0.2, 0) is 12.0 Å². The zero-order valence-corrected chi connectivity index (χ0v) is 12.0. The van der Waals surface area contributed by atoms with Crippen molar-refractivity contribution in [2.24, 2.45) is 0 Å². The summed E-state index contributed by atoms with van der Waals surface area (Å²) in [7, 11) is 0. The van der Waals surface area contributed by atoms with Gasteiger partial charge in [0.2, 0.25) is 0 Å². The van der Waals surface area contributed by atoms with Crippen molar-refractivity contribution in [3.8, 4) is 0 Å². The van der Waals surface area contributed by atoms with Crippen molar-refractivity contribution in [2.45, 2.75) is 18.4 Å². The Morgan fingerprint density at radius 2 is 2.05 bits per heavy atom. The summed E-state index contributed by atoms with van der Waals surface area (Å²) in [4.78, 5) is 12.2. The molecule has 0 heterocycles. The molecule has 0 spiro atoms. The number of anilines is 1. The second-order valence-electron chi connectivity index (χ2n) is 5.49. The summed E-state index contributed by atoms with van der Waals surface area (Å²) in [6.07, 6.45) is 1.44. The predicted octanol–water partition coefficient (Wildman–Crippen LogP) is 2.78. The third-order valence-corrected chi connectivity index (χ3v) is 4.06. The normalized spacial score (nSPS) is 19.5. The fraction of sp³-hybridized carbons (Fsp3) is 0.235. The summed E-state index contributed by atoms with van der Waals surface area (Å²) in [5.74, 6) is -0.416. The second-order valence-corrected chi connectivity index (χ2v) is 5.49. The topological polar surface area (TPSA) is 61.4 Å². The van der Waals surface area contributed by atoms with Gasteiger partial charge in [-0.15, -0.1) is 0 Å². The van der Waals surface area contributed by atoms with E-state index in [0.717, 1.165) is 17.5 Å². The third kappa shape index (κ3) is 2.67. The van der Waals surface area contributed by atoms with E-state index < -0.39 is 17.4 Å². The van der Waals surface area contributed by atoms with Crippen molar-refractivity contribution in [2.75, 3.05) is 11.9 Å². The van der Waals surface area contributed by atoms with Crippen LogP contribution in [0, 0.1) is 5.82 Å². The maximum absolute atomic E-state index is 13.1. The van der Waals surface area contributed by atoms with Crippen LogP contribution in [0.3, 0.4) is 0 Å². The Labute approximate surface area is 128 Å². The molecule has 0 radical (unpaired) electrons. The maximum Gasteiger partial charge on any atom is 0.320 e. The van der Waals surface area contributed by atoms with Crippen LogP contribution in [0.4, 0.5) is 14.9 Å². The number of carbonyl (C=O) groups excluding carboxylic acids is 1. The molecule has 1 unspecified atom stereocenters. The van der Waals surface area contributed by atoms with Gasteiger partial charge >= 0.3 is 6.03 Å². The number of halogens is 1. The van der Waals surface area contributed by atoms with E-state index in [-0.39, 0.29) is 6.61 Å². The van der Waals surface area contributed by atoms with E-state index in [4.69, 9.17) is 0 Å². The lowest BCUT2D eigenvalue weighted by molar-refractivity contribution is 0.164. The Hall–Kier alpha value is -2.40. The highest BCUT2D eigenvalue weighted by molar-refractivity contribution is 5.90. The largest absolute Gasteiger partial charge is 0.394 e. The van der Waals surface area contributed by atoms with Crippen molar-refractivity contribution in [3.05, 3.63) is 65.5 Å². The van der Waals surface area contributed by atoms with Gasteiger partial charge in [-0.2, -0.15) is 0 Å². The van der Waals surface area contributed by atoms with E-state index >= 15 is 0 Å². The molecule has 1 atom stereocenters. The van der Waals surface area contributed by atoms with Crippen LogP contribution in [0.2, 0.25) is 0 Å². The van der Waals surface area contributed by atoms with Crippen LogP contribution in [-0.4, -0.2) is 17.7 Å². The molecule has 22 heavy (non-hydrogen) atoms. The van der Waals surface area contributed by atoms with Gasteiger partial charge in [-0.25, -0.2) is 9.18 Å². The number of amides is 2. The second kappa shape index (κ2) is 5.77. The molecule has 1 aliphatic carbocycles. The highest BCUT2D eigenvalue weighted by Crippen LogP contribution is 2.36. The molecule has 0 bridgehead atoms. The van der Waals surface area contributed by atoms with E-state index in [0.29, 0.717) is 12.1 Å². The summed E-state index contributed by atoms with van der Waals surface area (Å²) in [5.41, 5.74) is 1.65. The SMILES string of the molecule is O=C(Nc1cccc(F)c1)NC1(CO)CCc2ccccc21. The van der Waals surface area contributed by atoms with Crippen LogP contribution < -0.4 is 10.6 Å². The number of hydrogen-bond acceptors (Lipinski definition) is 2. The summed E-state index contributed by atoms with van der Waals surface area (Å²) in [6, 6.07) is 13.0. The molecule has 2 aromatic rings. The molecule has 1 aliphatic rings. The minimum absolute atomic E-state index is 0.180. The predicted molar refractivity (Wildman–Crippen MR) is 82.1 cm³/mol. The van der Waals surface area contributed by atoms with Gasteiger partial charge in [-0.1, -0.05) is 30.3 Å². The summed E-state index contributed by atoms with van der Waals surface area (Å²) in [6.45, 7) is -0.180. The van der Waals surface area contributed by atoms with Gasteiger partial charge in [-0.3, -0.25) is 0 Å². The average Bonchev–Trinajstić information content (AvgIpc) is 2.87. The first-order valence-corrected chi connectivity index (χ1v) is 7.17. The molecule has 2 amide bonds. The highest BCUT2D eigenvalue weighted by Gasteiger charge is 2.39. The number of urea groups is 1. The first-order valence-electron chi connectivity index (χ1n) is 7.17. The molecule has 0 saturated carbocycles. The molecular formula is C17H17FN2O2. The first kappa shape index (κ1) is 14.5. The Morgan fingerprint density at radius 1 is 1.23 bits per heavy atom. The number of carbonyl (C=O) groups is 1. The van der Waals surface area contributed by atoms with Crippen molar-refractivity contribution in [1.82, 2.24) is 5.32 Å². The Morgan fingerprint density at radius 3 is 2.82 bits per heavy atom. The van der Waals surface area contributed by atoms with Crippen LogP contribution in [0.5, 0.6) is 0 Å². The van der Waals surface area contributed by atoms with Crippen LogP contribution in [0.25, 0.3) is 0 Å². The standard InChI is InChI=1S/C17H17FN2O2/c18-13-5-3-6-14(10-13)19-16(22)20-17(11-21)9-8-12-4-1-2-7-15(12)17/h1-7,10,21H,8-9,11H2,(H2,19,20,22). The van der Waals surface area contributed by atoms with Crippen LogP contribution in [0.15, 0.2) is 48.5 Å². The number of benzene rings is 2. The van der Waals surface area contributed by atoms with Crippen LogP contribution in [0.1, 0.15) is 17.5 Å². The van der Waals surface area contributed by atoms with Crippen molar-refractivity contribution < 1.29 is 14.3 Å². The monoisotopic (exact) mass is 300 g/mol. The number of aliphatic hydroxyl groups is 1. The third-order valence-electron chi connectivity index (χ3n) is 4.06. The molecule has 5 heteroatoms. The number of rotatable bonds is 3. The molecule has 4 nitrogen and oxygen atoms in total. The van der Waals surface area contributed by atoms with Gasteiger partial charge in [0, 0.05) is 5.69 Å². The summed E-state index contributed by atoms with van der Waals surface area (Å²) < 4.78 is 13.1. The summed E-state index contributed by atoms with van der Waals surface area (Å²) in [5, 5.41) is 15.3. The fourth-order valence-electron chi connectivity index (χ4n) is 2.97. The number of aryl methyl sites for hydroxylation is 1. The molecule has 0 aromatic heterocycles. The van der Waals surface area contributed by atoms with Gasteiger partial charge in [0.25, 0.3) is 0 Å². The fourth-order valence-corrected chi connectivity index (χ4v) is 2.97. The molecule has 114 valence electrons. The molecular weight excluding hydrogens is 283 g/mol. The molecule has 0 aliphatic heterocycles. The van der Waals surface area contributed by atoms with E-state index in [1.54, 1.807) is 6.07 Å². The lowest BCUT2D eigenvalue weighted by atomic mass is 9.93. The summed E-state index contributed by atoms with van der Waals surface area (Å²) >= 11 is 0. The number of aliphatic hydroxyl groups excluding tert-OH is 1. The van der Waals surface area contributed by atoms with Gasteiger partial charge < -0.3 is 15.7 Å². The average molecular weight is 300 g/mol. The van der Waals surface area contributed by atoms with E-state index in [1.807, 2.05) is 24.3 Å². The molecule has 3 N–H and O–H groups in total. The van der Waals surface area contributed by atoms with E-state index in [9.17, 15) is 14.3 Å². The quantitative estimate of drug-likeness (QED) is 0.816. The van der Waals surface area contributed by atoms with Gasteiger partial charge in [0.05, 0.1) is 12.1 Å². The van der Waals surface area contributed by atoms with Crippen molar-refractivity contribution in [1.29, 1.82) is 0 Å². The van der Waals surface area contributed by atoms with Crippen LogP contribution >= 0.6 is 0 Å². The Bertz CT molecular complexity index is 705. The lowest BCUT2D eigenvalue weighted by Gasteiger charge is -2.29. The van der Waals surface area contributed by atoms with Crippen molar-refractivity contribution in [3.63, 3.8) is 0 Å². The Kier molecular flexibility index (Phi) is 3.81. The lowest BCUT2D eigenvalue weighted by Crippen LogP contribution is -2.48.